The molecule has 0 unspecified atom stereocenters. The molecular formula is C21H21P. The van der Waals surface area contributed by atoms with Crippen molar-refractivity contribution in [3.05, 3.63) is 96.6 Å². The van der Waals surface area contributed by atoms with Crippen molar-refractivity contribution in [1.29, 1.82) is 0 Å². The van der Waals surface area contributed by atoms with Crippen LogP contribution in [0.5, 0.6) is 0 Å². The van der Waals surface area contributed by atoms with Crippen molar-refractivity contribution in [2.24, 2.45) is 0 Å². The van der Waals surface area contributed by atoms with Crippen LogP contribution in [-0.2, 0) is 5.16 Å². The Hall–Kier alpha value is -1.91. The van der Waals surface area contributed by atoms with Crippen LogP contribution in [0.4, 0.5) is 0 Å². The van der Waals surface area contributed by atoms with Gasteiger partial charge in [0, 0.05) is 5.16 Å². The summed E-state index contributed by atoms with van der Waals surface area (Å²) in [7, 11) is -0.470. The molecule has 0 saturated carbocycles. The van der Waals surface area contributed by atoms with E-state index in [0.717, 1.165) is 0 Å². The smallest absolute Gasteiger partial charge is 0.0178 e. The Morgan fingerprint density at radius 2 is 0.909 bits per heavy atom. The Balaban J connectivity index is 2.14. The average molecular weight is 304 g/mol. The minimum atomic E-state index is -0.470. The Kier molecular flexibility index (Phi) is 4.41. The molecule has 0 aromatic heterocycles. The highest BCUT2D eigenvalue weighted by Gasteiger charge is 2.33. The molecule has 0 N–H and O–H groups in total. The highest BCUT2D eigenvalue weighted by molar-refractivity contribution is 7.74. The van der Waals surface area contributed by atoms with Gasteiger partial charge < -0.3 is 0 Å². The average Bonchev–Trinajstić information content (AvgIpc) is 2.58. The van der Waals surface area contributed by atoms with Crippen LogP contribution in [0, 0.1) is 0 Å². The Morgan fingerprint density at radius 3 is 1.32 bits per heavy atom. The molecule has 0 atom stereocenters. The monoisotopic (exact) mass is 304 g/mol. The second-order valence-corrected chi connectivity index (χ2v) is 8.75. The maximum Gasteiger partial charge on any atom is 0.0178 e. The Morgan fingerprint density at radius 1 is 0.545 bits per heavy atom. The zero-order chi connectivity index (χ0) is 15.4. The maximum absolute atomic E-state index is 2.37. The first-order valence-electron chi connectivity index (χ1n) is 7.65. The molecule has 0 fully saturated rings. The second kappa shape index (κ2) is 6.46. The van der Waals surface area contributed by atoms with Crippen molar-refractivity contribution in [1.82, 2.24) is 0 Å². The number of hydrogen-bond donors (Lipinski definition) is 0. The summed E-state index contributed by atoms with van der Waals surface area (Å²) in [4.78, 5) is 0. The van der Waals surface area contributed by atoms with E-state index in [-0.39, 0.29) is 5.16 Å². The molecule has 3 aromatic carbocycles. The van der Waals surface area contributed by atoms with Gasteiger partial charge in [0.2, 0.25) is 0 Å². The van der Waals surface area contributed by atoms with E-state index in [1.807, 2.05) is 0 Å². The predicted octanol–water partition coefficient (Wildman–Crippen LogP) is 5.05. The van der Waals surface area contributed by atoms with Crippen LogP contribution < -0.4 is 10.6 Å². The van der Waals surface area contributed by atoms with Gasteiger partial charge in [-0.15, -0.1) is 0 Å². The number of rotatable bonds is 4. The van der Waals surface area contributed by atoms with Crippen LogP contribution in [0.15, 0.2) is 91.0 Å². The van der Waals surface area contributed by atoms with Gasteiger partial charge in [-0.2, -0.15) is 0 Å². The molecule has 110 valence electrons. The van der Waals surface area contributed by atoms with Gasteiger partial charge in [-0.3, -0.25) is 0 Å². The molecule has 0 heterocycles. The molecule has 0 spiro atoms. The molecule has 0 saturated heterocycles. The molecule has 3 rings (SSSR count). The second-order valence-electron chi connectivity index (χ2n) is 5.93. The summed E-state index contributed by atoms with van der Waals surface area (Å²) < 4.78 is 0. The summed E-state index contributed by atoms with van der Waals surface area (Å²) in [5, 5.41) is 2.94. The molecule has 0 aliphatic carbocycles. The van der Waals surface area contributed by atoms with Crippen molar-refractivity contribution in [2.45, 2.75) is 19.0 Å². The van der Waals surface area contributed by atoms with E-state index in [9.17, 15) is 0 Å². The van der Waals surface area contributed by atoms with E-state index < -0.39 is 7.92 Å². The number of benzene rings is 3. The first-order valence-corrected chi connectivity index (χ1v) is 8.99. The van der Waals surface area contributed by atoms with Crippen LogP contribution in [0.1, 0.15) is 19.4 Å². The summed E-state index contributed by atoms with van der Waals surface area (Å²) in [6, 6.07) is 32.7. The quantitative estimate of drug-likeness (QED) is 0.591. The molecule has 1 heteroatoms. The highest BCUT2D eigenvalue weighted by Crippen LogP contribution is 2.53. The van der Waals surface area contributed by atoms with E-state index in [2.05, 4.69) is 105 Å². The zero-order valence-corrected chi connectivity index (χ0v) is 14.0. The van der Waals surface area contributed by atoms with Crippen molar-refractivity contribution in [2.75, 3.05) is 0 Å². The first kappa shape index (κ1) is 15.0. The molecule has 3 aromatic rings. The molecule has 0 radical (unpaired) electrons. The Bertz CT molecular complexity index is 663. The van der Waals surface area contributed by atoms with E-state index in [1.54, 1.807) is 0 Å². The zero-order valence-electron chi connectivity index (χ0n) is 13.1. The standard InChI is InChI=1S/C21H21P/c1-21(2,18-12-6-3-7-13-18)22(19-14-8-4-9-15-19)20-16-10-5-11-17-20/h3-17H,1-2H3. The van der Waals surface area contributed by atoms with E-state index in [4.69, 9.17) is 0 Å². The van der Waals surface area contributed by atoms with Gasteiger partial charge >= 0.3 is 0 Å². The van der Waals surface area contributed by atoms with Gasteiger partial charge in [0.05, 0.1) is 0 Å². The van der Waals surface area contributed by atoms with Crippen LogP contribution >= 0.6 is 7.92 Å². The summed E-state index contributed by atoms with van der Waals surface area (Å²) in [6.45, 7) is 4.74. The summed E-state index contributed by atoms with van der Waals surface area (Å²) >= 11 is 0. The Labute approximate surface area is 134 Å². The molecule has 0 amide bonds. The summed E-state index contributed by atoms with van der Waals surface area (Å²) in [5.74, 6) is 0. The molecule has 0 aliphatic rings. The summed E-state index contributed by atoms with van der Waals surface area (Å²) in [6.07, 6.45) is 0. The molecule has 0 bridgehead atoms. The highest BCUT2D eigenvalue weighted by atomic mass is 31.1. The number of hydrogen-bond acceptors (Lipinski definition) is 0. The van der Waals surface area contributed by atoms with Crippen molar-refractivity contribution < 1.29 is 0 Å². The first-order chi connectivity index (χ1) is 10.7. The fraction of sp³-hybridized carbons (Fsp3) is 0.143. The van der Waals surface area contributed by atoms with Crippen molar-refractivity contribution >= 4 is 18.5 Å². The van der Waals surface area contributed by atoms with Crippen molar-refractivity contribution in [3.8, 4) is 0 Å². The van der Waals surface area contributed by atoms with Crippen LogP contribution in [0.2, 0.25) is 0 Å². The molecule has 0 nitrogen and oxygen atoms in total. The summed E-state index contributed by atoms with van der Waals surface area (Å²) in [5.41, 5.74) is 1.40. The van der Waals surface area contributed by atoms with Crippen LogP contribution in [0.25, 0.3) is 0 Å². The third kappa shape index (κ3) is 2.98. The molecule has 22 heavy (non-hydrogen) atoms. The molecule has 0 aliphatic heterocycles. The van der Waals surface area contributed by atoms with Gasteiger partial charge in [0.25, 0.3) is 0 Å². The minimum absolute atomic E-state index is 0.0826. The predicted molar refractivity (Wildman–Crippen MR) is 98.5 cm³/mol. The lowest BCUT2D eigenvalue weighted by molar-refractivity contribution is 0.772. The molecular weight excluding hydrogens is 283 g/mol. The normalized spacial score (nSPS) is 11.6. The van der Waals surface area contributed by atoms with Gasteiger partial charge in [0.1, 0.15) is 0 Å². The lowest BCUT2D eigenvalue weighted by Crippen LogP contribution is -2.27. The fourth-order valence-corrected chi connectivity index (χ4v) is 5.86. The van der Waals surface area contributed by atoms with Gasteiger partial charge in [-0.25, -0.2) is 0 Å². The van der Waals surface area contributed by atoms with Crippen LogP contribution in [0.3, 0.4) is 0 Å². The van der Waals surface area contributed by atoms with E-state index >= 15 is 0 Å². The lowest BCUT2D eigenvalue weighted by atomic mass is 10.0. The maximum atomic E-state index is 2.37. The van der Waals surface area contributed by atoms with Gasteiger partial charge in [-0.05, 0) is 24.1 Å². The SMILES string of the molecule is CC(C)(c1ccccc1)P(c1ccccc1)c1ccccc1. The third-order valence-corrected chi connectivity index (χ3v) is 7.07. The fourth-order valence-electron chi connectivity index (χ4n) is 2.92. The minimum Gasteiger partial charge on any atom is -0.0622 e. The van der Waals surface area contributed by atoms with E-state index in [0.29, 0.717) is 0 Å². The van der Waals surface area contributed by atoms with Gasteiger partial charge in [-0.1, -0.05) is 105 Å². The topological polar surface area (TPSA) is 0 Å². The van der Waals surface area contributed by atoms with Crippen LogP contribution in [-0.4, -0.2) is 0 Å². The third-order valence-electron chi connectivity index (χ3n) is 4.07. The lowest BCUT2D eigenvalue weighted by Gasteiger charge is -2.36. The largest absolute Gasteiger partial charge is 0.0622 e. The van der Waals surface area contributed by atoms with Gasteiger partial charge in [0.15, 0.2) is 0 Å². The van der Waals surface area contributed by atoms with Crippen molar-refractivity contribution in [3.63, 3.8) is 0 Å². The van der Waals surface area contributed by atoms with E-state index in [1.165, 1.54) is 16.2 Å².